The van der Waals surface area contributed by atoms with Crippen molar-refractivity contribution in [2.24, 2.45) is 4.99 Å². The molecule has 5 heteroatoms. The van der Waals surface area contributed by atoms with Crippen LogP contribution in [0.2, 0.25) is 0 Å². The fourth-order valence-electron chi connectivity index (χ4n) is 1.05. The normalized spacial score (nSPS) is 16.4. The molecule has 0 saturated carbocycles. The van der Waals surface area contributed by atoms with Crippen molar-refractivity contribution in [1.29, 1.82) is 0 Å². The molecule has 0 aromatic rings. The zero-order valence-corrected chi connectivity index (χ0v) is 8.72. The summed E-state index contributed by atoms with van der Waals surface area (Å²) >= 11 is 1.55. The van der Waals surface area contributed by atoms with E-state index in [4.69, 9.17) is 0 Å². The maximum absolute atomic E-state index is 11.1. The van der Waals surface area contributed by atoms with Crippen molar-refractivity contribution in [3.8, 4) is 0 Å². The van der Waals surface area contributed by atoms with Crippen molar-refractivity contribution in [2.75, 3.05) is 27.0 Å². The van der Waals surface area contributed by atoms with E-state index in [0.29, 0.717) is 12.1 Å². The van der Waals surface area contributed by atoms with Gasteiger partial charge in [-0.3, -0.25) is 0 Å². The fourth-order valence-corrected chi connectivity index (χ4v) is 1.59. The summed E-state index contributed by atoms with van der Waals surface area (Å²) in [5, 5.41) is 0.910. The molecule has 0 bridgehead atoms. The maximum Gasteiger partial charge on any atom is 0.337 e. The van der Waals surface area contributed by atoms with Crippen molar-refractivity contribution in [1.82, 2.24) is 4.90 Å². The molecule has 13 heavy (non-hydrogen) atoms. The van der Waals surface area contributed by atoms with Crippen LogP contribution in [0.3, 0.4) is 0 Å². The second kappa shape index (κ2) is 4.32. The molecule has 0 aromatic carbocycles. The summed E-state index contributed by atoms with van der Waals surface area (Å²) in [6, 6.07) is 0. The molecule has 1 rings (SSSR count). The Morgan fingerprint density at radius 1 is 1.77 bits per heavy atom. The molecule has 0 saturated heterocycles. The Labute approximate surface area is 81.7 Å². The predicted molar refractivity (Wildman–Crippen MR) is 53.7 cm³/mol. The lowest BCUT2D eigenvalue weighted by Gasteiger charge is -2.22. The van der Waals surface area contributed by atoms with Crippen LogP contribution in [0.5, 0.6) is 0 Å². The monoisotopic (exact) mass is 200 g/mol. The standard InChI is InChI=1S/C8H12N2O2S/c1-10-5-6(7(11)12-2)4-9-8(10)13-3/h4H,5H2,1-3H3. The molecule has 0 aliphatic carbocycles. The largest absolute Gasteiger partial charge is 0.466 e. The minimum atomic E-state index is -0.309. The number of thioether (sulfide) groups is 1. The molecule has 0 aromatic heterocycles. The Balaban J connectivity index is 2.77. The molecule has 0 atom stereocenters. The first-order valence-corrected chi connectivity index (χ1v) is 5.01. The van der Waals surface area contributed by atoms with Crippen LogP contribution < -0.4 is 0 Å². The molecule has 1 heterocycles. The summed E-state index contributed by atoms with van der Waals surface area (Å²) in [5.41, 5.74) is 0.586. The smallest absolute Gasteiger partial charge is 0.337 e. The highest BCUT2D eigenvalue weighted by molar-refractivity contribution is 8.13. The number of carbonyl (C=O) groups excluding carboxylic acids is 1. The average Bonchev–Trinajstić information content (AvgIpc) is 2.16. The van der Waals surface area contributed by atoms with Gasteiger partial charge in [-0.25, -0.2) is 9.79 Å². The van der Waals surface area contributed by atoms with Gasteiger partial charge in [0, 0.05) is 13.2 Å². The Morgan fingerprint density at radius 3 is 2.92 bits per heavy atom. The lowest BCUT2D eigenvalue weighted by Crippen LogP contribution is -2.31. The first kappa shape index (κ1) is 10.1. The van der Waals surface area contributed by atoms with E-state index in [0.717, 1.165) is 5.17 Å². The molecule has 0 radical (unpaired) electrons. The van der Waals surface area contributed by atoms with Crippen LogP contribution in [-0.4, -0.2) is 43.0 Å². The Kier molecular flexibility index (Phi) is 3.36. The quantitative estimate of drug-likeness (QED) is 0.584. The van der Waals surface area contributed by atoms with Crippen LogP contribution in [0.4, 0.5) is 0 Å². The van der Waals surface area contributed by atoms with E-state index in [9.17, 15) is 4.79 Å². The van der Waals surface area contributed by atoms with E-state index in [-0.39, 0.29) is 5.97 Å². The Bertz CT molecular complexity index is 273. The van der Waals surface area contributed by atoms with Crippen molar-refractivity contribution >= 4 is 22.9 Å². The number of carbonyl (C=O) groups is 1. The van der Waals surface area contributed by atoms with E-state index >= 15 is 0 Å². The third-order valence-corrected chi connectivity index (χ3v) is 2.48. The van der Waals surface area contributed by atoms with Gasteiger partial charge < -0.3 is 9.64 Å². The number of methoxy groups -OCH3 is 1. The van der Waals surface area contributed by atoms with Crippen LogP contribution in [-0.2, 0) is 9.53 Å². The number of nitrogens with zero attached hydrogens (tertiary/aromatic N) is 2. The molecule has 0 spiro atoms. The van der Waals surface area contributed by atoms with Crippen LogP contribution in [0, 0.1) is 0 Å². The molecule has 72 valence electrons. The first-order valence-electron chi connectivity index (χ1n) is 3.79. The summed E-state index contributed by atoms with van der Waals surface area (Å²) in [6.45, 7) is 0.562. The third kappa shape index (κ3) is 2.24. The molecule has 0 N–H and O–H groups in total. The van der Waals surface area contributed by atoms with Crippen LogP contribution in [0.1, 0.15) is 0 Å². The molecule has 1 aliphatic rings. The number of hydrogen-bond donors (Lipinski definition) is 0. The molecule has 1 aliphatic heterocycles. The summed E-state index contributed by atoms with van der Waals surface area (Å²) in [5.74, 6) is -0.309. The van der Waals surface area contributed by atoms with Gasteiger partial charge in [0.25, 0.3) is 0 Å². The Morgan fingerprint density at radius 2 is 2.46 bits per heavy atom. The highest BCUT2D eigenvalue weighted by Gasteiger charge is 2.17. The van der Waals surface area contributed by atoms with E-state index in [1.54, 1.807) is 18.0 Å². The molecule has 0 unspecified atom stereocenters. The number of hydrogen-bond acceptors (Lipinski definition) is 5. The zero-order valence-electron chi connectivity index (χ0n) is 7.90. The summed E-state index contributed by atoms with van der Waals surface area (Å²) in [6.07, 6.45) is 3.52. The van der Waals surface area contributed by atoms with Crippen molar-refractivity contribution in [3.63, 3.8) is 0 Å². The lowest BCUT2D eigenvalue weighted by atomic mass is 10.2. The van der Waals surface area contributed by atoms with E-state index in [2.05, 4.69) is 9.73 Å². The van der Waals surface area contributed by atoms with Gasteiger partial charge in [-0.2, -0.15) is 0 Å². The number of amidine groups is 1. The van der Waals surface area contributed by atoms with E-state index in [1.165, 1.54) is 7.11 Å². The maximum atomic E-state index is 11.1. The number of likely N-dealkylation sites (N-methyl/N-ethyl adjacent to an activating group) is 1. The summed E-state index contributed by atoms with van der Waals surface area (Å²) in [4.78, 5) is 17.1. The molecule has 0 fully saturated rings. The van der Waals surface area contributed by atoms with Gasteiger partial charge in [0.1, 0.15) is 0 Å². The summed E-state index contributed by atoms with van der Waals surface area (Å²) in [7, 11) is 3.27. The third-order valence-electron chi connectivity index (χ3n) is 1.70. The fraction of sp³-hybridized carbons (Fsp3) is 0.500. The molecule has 0 amide bonds. The van der Waals surface area contributed by atoms with Gasteiger partial charge in [-0.05, 0) is 6.26 Å². The minimum absolute atomic E-state index is 0.309. The number of aliphatic imine (C=N–C) groups is 1. The average molecular weight is 200 g/mol. The SMILES string of the molecule is COC(=O)C1=CN=C(SC)N(C)C1. The van der Waals surface area contributed by atoms with Gasteiger partial charge in [0.2, 0.25) is 0 Å². The molecular formula is C8H12N2O2S. The predicted octanol–water partition coefficient (Wildman–Crippen LogP) is 0.708. The van der Waals surface area contributed by atoms with Gasteiger partial charge in [0.05, 0.1) is 19.2 Å². The van der Waals surface area contributed by atoms with Crippen LogP contribution in [0.15, 0.2) is 16.8 Å². The van der Waals surface area contributed by atoms with Crippen LogP contribution in [0.25, 0.3) is 0 Å². The zero-order chi connectivity index (χ0) is 9.84. The van der Waals surface area contributed by atoms with Crippen molar-refractivity contribution in [3.05, 3.63) is 11.8 Å². The van der Waals surface area contributed by atoms with Gasteiger partial charge >= 0.3 is 5.97 Å². The number of esters is 1. The first-order chi connectivity index (χ1) is 6.19. The van der Waals surface area contributed by atoms with Crippen molar-refractivity contribution < 1.29 is 9.53 Å². The summed E-state index contributed by atoms with van der Waals surface area (Å²) < 4.78 is 4.60. The lowest BCUT2D eigenvalue weighted by molar-refractivity contribution is -0.136. The van der Waals surface area contributed by atoms with E-state index in [1.807, 2.05) is 18.2 Å². The second-order valence-corrected chi connectivity index (χ2v) is 3.39. The highest BCUT2D eigenvalue weighted by atomic mass is 32.2. The van der Waals surface area contributed by atoms with Gasteiger partial charge in [-0.15, -0.1) is 0 Å². The van der Waals surface area contributed by atoms with E-state index < -0.39 is 0 Å². The molecular weight excluding hydrogens is 188 g/mol. The van der Waals surface area contributed by atoms with Gasteiger partial charge in [-0.1, -0.05) is 11.8 Å². The topological polar surface area (TPSA) is 41.9 Å². The Hall–Kier alpha value is -0.970. The molecule has 4 nitrogen and oxygen atoms in total. The van der Waals surface area contributed by atoms with Crippen molar-refractivity contribution in [2.45, 2.75) is 0 Å². The number of ether oxygens (including phenoxy) is 1. The van der Waals surface area contributed by atoms with Gasteiger partial charge in [0.15, 0.2) is 5.17 Å². The highest BCUT2D eigenvalue weighted by Crippen LogP contribution is 2.13. The minimum Gasteiger partial charge on any atom is -0.466 e. The number of rotatable bonds is 1. The second-order valence-electron chi connectivity index (χ2n) is 2.62. The van der Waals surface area contributed by atoms with Crippen LogP contribution >= 0.6 is 11.8 Å².